The quantitative estimate of drug-likeness (QED) is 0.763. The first-order valence-electron chi connectivity index (χ1n) is 5.45. The van der Waals surface area contributed by atoms with Crippen LogP contribution >= 0.6 is 0 Å². The van der Waals surface area contributed by atoms with Crippen LogP contribution in [0.5, 0.6) is 0 Å². The van der Waals surface area contributed by atoms with Crippen LogP contribution in [-0.4, -0.2) is 6.67 Å². The van der Waals surface area contributed by atoms with Crippen LogP contribution in [0.4, 0.5) is 0 Å². The zero-order valence-electron chi connectivity index (χ0n) is 9.14. The minimum Gasteiger partial charge on any atom is -0.318 e. The highest BCUT2D eigenvalue weighted by molar-refractivity contribution is 5.31. The first kappa shape index (κ1) is 10.9. The Morgan fingerprint density at radius 2 is 1.25 bits per heavy atom. The van der Waals surface area contributed by atoms with E-state index in [2.05, 4.69) is 29.6 Å². The van der Waals surface area contributed by atoms with E-state index >= 15 is 0 Å². The second-order valence-corrected chi connectivity index (χ2v) is 3.66. The second kappa shape index (κ2) is 5.45. The minimum absolute atomic E-state index is 0.174. The van der Waals surface area contributed by atoms with E-state index < -0.39 is 0 Å². The molecule has 0 saturated heterocycles. The van der Waals surface area contributed by atoms with E-state index in [4.69, 9.17) is 5.73 Å². The molecule has 0 aromatic heterocycles. The van der Waals surface area contributed by atoms with Crippen LogP contribution in [0.2, 0.25) is 0 Å². The van der Waals surface area contributed by atoms with E-state index in [0.29, 0.717) is 6.67 Å². The predicted molar refractivity (Wildman–Crippen MR) is 66.9 cm³/mol. The lowest BCUT2D eigenvalue weighted by molar-refractivity contribution is 0.619. The Morgan fingerprint density at radius 3 is 1.62 bits per heavy atom. The van der Waals surface area contributed by atoms with Gasteiger partial charge in [0.25, 0.3) is 0 Å². The third-order valence-corrected chi connectivity index (χ3v) is 2.59. The molecule has 2 heteroatoms. The Balaban J connectivity index is 2.31. The lowest BCUT2D eigenvalue weighted by atomic mass is 9.99. The fourth-order valence-electron chi connectivity index (χ4n) is 1.84. The molecule has 2 aromatic carbocycles. The van der Waals surface area contributed by atoms with Crippen molar-refractivity contribution < 1.29 is 0 Å². The minimum atomic E-state index is 0.174. The average Bonchev–Trinajstić information content (AvgIpc) is 2.38. The second-order valence-electron chi connectivity index (χ2n) is 3.66. The molecule has 0 spiro atoms. The van der Waals surface area contributed by atoms with Crippen molar-refractivity contribution in [1.29, 1.82) is 0 Å². The van der Waals surface area contributed by atoms with Gasteiger partial charge in [0.1, 0.15) is 0 Å². The summed E-state index contributed by atoms with van der Waals surface area (Å²) in [4.78, 5) is 0. The zero-order valence-corrected chi connectivity index (χ0v) is 9.14. The molecule has 2 aromatic rings. The largest absolute Gasteiger partial charge is 0.318 e. The summed E-state index contributed by atoms with van der Waals surface area (Å²) in [6, 6.07) is 20.8. The van der Waals surface area contributed by atoms with Gasteiger partial charge in [0.15, 0.2) is 0 Å². The zero-order chi connectivity index (χ0) is 11.2. The van der Waals surface area contributed by atoms with Gasteiger partial charge in [0, 0.05) is 6.67 Å². The third-order valence-electron chi connectivity index (χ3n) is 2.59. The summed E-state index contributed by atoms with van der Waals surface area (Å²) in [6.45, 7) is 0.467. The van der Waals surface area contributed by atoms with Crippen molar-refractivity contribution in [2.24, 2.45) is 5.73 Å². The molecule has 0 fully saturated rings. The van der Waals surface area contributed by atoms with Crippen molar-refractivity contribution in [1.82, 2.24) is 5.32 Å². The summed E-state index contributed by atoms with van der Waals surface area (Å²) < 4.78 is 0. The molecule has 16 heavy (non-hydrogen) atoms. The number of benzene rings is 2. The van der Waals surface area contributed by atoms with Crippen molar-refractivity contribution in [3.05, 3.63) is 71.8 Å². The first-order valence-corrected chi connectivity index (χ1v) is 5.45. The van der Waals surface area contributed by atoms with Crippen molar-refractivity contribution in [2.45, 2.75) is 6.04 Å². The number of hydrogen-bond acceptors (Lipinski definition) is 2. The highest BCUT2D eigenvalue weighted by Crippen LogP contribution is 2.20. The van der Waals surface area contributed by atoms with Crippen molar-refractivity contribution >= 4 is 0 Å². The number of nitrogens with one attached hydrogen (secondary N) is 1. The first-order chi connectivity index (χ1) is 7.92. The molecule has 0 heterocycles. The molecule has 0 atom stereocenters. The van der Waals surface area contributed by atoms with Crippen molar-refractivity contribution in [3.8, 4) is 0 Å². The monoisotopic (exact) mass is 212 g/mol. The third kappa shape index (κ3) is 2.48. The topological polar surface area (TPSA) is 38.0 Å². The number of nitrogens with two attached hydrogens (primary N) is 1. The van der Waals surface area contributed by atoms with Crippen molar-refractivity contribution in [2.75, 3.05) is 6.67 Å². The lowest BCUT2D eigenvalue weighted by Gasteiger charge is -2.18. The Labute approximate surface area is 96.1 Å². The smallest absolute Gasteiger partial charge is 0.0586 e. The number of hydrogen-bond donors (Lipinski definition) is 2. The van der Waals surface area contributed by atoms with E-state index in [1.165, 1.54) is 11.1 Å². The van der Waals surface area contributed by atoms with Gasteiger partial charge < -0.3 is 5.73 Å². The summed E-state index contributed by atoms with van der Waals surface area (Å²) in [7, 11) is 0. The van der Waals surface area contributed by atoms with E-state index in [9.17, 15) is 0 Å². The maximum absolute atomic E-state index is 5.59. The Bertz CT molecular complexity index is 372. The van der Waals surface area contributed by atoms with Crippen LogP contribution in [-0.2, 0) is 0 Å². The Kier molecular flexibility index (Phi) is 3.70. The molecule has 0 aliphatic heterocycles. The molecule has 3 N–H and O–H groups in total. The summed E-state index contributed by atoms with van der Waals surface area (Å²) in [5.74, 6) is 0. The van der Waals surface area contributed by atoms with Gasteiger partial charge in [0.05, 0.1) is 6.04 Å². The van der Waals surface area contributed by atoms with Gasteiger partial charge in [-0.3, -0.25) is 5.32 Å². The molecular formula is C14H16N2. The normalized spacial score (nSPS) is 10.6. The van der Waals surface area contributed by atoms with Crippen LogP contribution in [0.25, 0.3) is 0 Å². The van der Waals surface area contributed by atoms with Crippen LogP contribution in [0.3, 0.4) is 0 Å². The lowest BCUT2D eigenvalue weighted by Crippen LogP contribution is -2.28. The predicted octanol–water partition coefficient (Wildman–Crippen LogP) is 2.28. The highest BCUT2D eigenvalue weighted by atomic mass is 15.0. The molecule has 0 aliphatic carbocycles. The van der Waals surface area contributed by atoms with E-state index in [1.807, 2.05) is 36.4 Å². The van der Waals surface area contributed by atoms with Crippen LogP contribution in [0.15, 0.2) is 60.7 Å². The molecule has 0 radical (unpaired) electrons. The Morgan fingerprint density at radius 1 is 0.812 bits per heavy atom. The Hall–Kier alpha value is -1.64. The molecule has 2 rings (SSSR count). The molecule has 0 bridgehead atoms. The summed E-state index contributed by atoms with van der Waals surface area (Å²) in [5, 5.41) is 3.29. The van der Waals surface area contributed by atoms with E-state index in [1.54, 1.807) is 0 Å². The van der Waals surface area contributed by atoms with Gasteiger partial charge >= 0.3 is 0 Å². The standard InChI is InChI=1S/C14H16N2/c15-11-16-14(12-7-3-1-4-8-12)13-9-5-2-6-10-13/h1-10,14,16H,11,15H2. The maximum atomic E-state index is 5.59. The van der Waals surface area contributed by atoms with Crippen LogP contribution < -0.4 is 11.1 Å². The summed E-state index contributed by atoms with van der Waals surface area (Å²) in [5.41, 5.74) is 8.06. The molecular weight excluding hydrogens is 196 g/mol. The fourth-order valence-corrected chi connectivity index (χ4v) is 1.84. The van der Waals surface area contributed by atoms with Crippen molar-refractivity contribution in [3.63, 3.8) is 0 Å². The molecule has 0 saturated carbocycles. The highest BCUT2D eigenvalue weighted by Gasteiger charge is 2.11. The molecule has 0 amide bonds. The molecule has 0 aliphatic rings. The summed E-state index contributed by atoms with van der Waals surface area (Å²) >= 11 is 0. The van der Waals surface area contributed by atoms with E-state index in [0.717, 1.165) is 0 Å². The van der Waals surface area contributed by atoms with Gasteiger partial charge in [-0.2, -0.15) is 0 Å². The molecule has 0 unspecified atom stereocenters. The fraction of sp³-hybridized carbons (Fsp3) is 0.143. The molecule has 82 valence electrons. The maximum Gasteiger partial charge on any atom is 0.0586 e. The van der Waals surface area contributed by atoms with Crippen LogP contribution in [0, 0.1) is 0 Å². The van der Waals surface area contributed by atoms with Crippen LogP contribution in [0.1, 0.15) is 17.2 Å². The van der Waals surface area contributed by atoms with Gasteiger partial charge in [-0.15, -0.1) is 0 Å². The van der Waals surface area contributed by atoms with E-state index in [-0.39, 0.29) is 6.04 Å². The van der Waals surface area contributed by atoms with Gasteiger partial charge in [-0.05, 0) is 11.1 Å². The molecule has 2 nitrogen and oxygen atoms in total. The summed E-state index contributed by atoms with van der Waals surface area (Å²) in [6.07, 6.45) is 0. The van der Waals surface area contributed by atoms with Gasteiger partial charge in [-0.1, -0.05) is 60.7 Å². The average molecular weight is 212 g/mol. The SMILES string of the molecule is NCNC(c1ccccc1)c1ccccc1. The van der Waals surface area contributed by atoms with Gasteiger partial charge in [-0.25, -0.2) is 0 Å². The van der Waals surface area contributed by atoms with Gasteiger partial charge in [0.2, 0.25) is 0 Å². The number of rotatable bonds is 4.